The number of carbonyl (C=O) groups is 1. The summed E-state index contributed by atoms with van der Waals surface area (Å²) in [5.41, 5.74) is -0.0468. The highest BCUT2D eigenvalue weighted by molar-refractivity contribution is 6.30. The van der Waals surface area contributed by atoms with Crippen molar-refractivity contribution in [3.8, 4) is 0 Å². The number of piperidine rings is 1. The largest absolute Gasteiger partial charge is 0.443 e. The van der Waals surface area contributed by atoms with Crippen molar-refractivity contribution in [1.29, 1.82) is 0 Å². The number of amides is 1. The first kappa shape index (κ1) is 20.2. The monoisotopic (exact) mass is 428 g/mol. The number of likely N-dealkylation sites (tertiary alicyclic amines) is 1. The van der Waals surface area contributed by atoms with Crippen LogP contribution >= 0.6 is 11.6 Å². The maximum atomic E-state index is 12.9. The van der Waals surface area contributed by atoms with Crippen LogP contribution in [0.4, 0.5) is 0 Å². The van der Waals surface area contributed by atoms with Gasteiger partial charge in [0.1, 0.15) is 18.3 Å². The smallest absolute Gasteiger partial charge is 0.328 e. The highest BCUT2D eigenvalue weighted by Crippen LogP contribution is 2.31. The van der Waals surface area contributed by atoms with Crippen molar-refractivity contribution in [1.82, 2.24) is 19.4 Å². The fourth-order valence-corrected chi connectivity index (χ4v) is 3.78. The number of benzene rings is 1. The van der Waals surface area contributed by atoms with E-state index in [4.69, 9.17) is 16.0 Å². The van der Waals surface area contributed by atoms with Crippen LogP contribution in [0.1, 0.15) is 42.5 Å². The number of hydrogen-bond acceptors (Lipinski definition) is 5. The van der Waals surface area contributed by atoms with Crippen molar-refractivity contribution < 1.29 is 9.21 Å². The van der Waals surface area contributed by atoms with E-state index >= 15 is 0 Å². The van der Waals surface area contributed by atoms with Gasteiger partial charge in [0.25, 0.3) is 5.56 Å². The molecule has 0 bridgehead atoms. The maximum absolute atomic E-state index is 12.9. The molecule has 3 aromatic rings. The Bertz CT molecular complexity index is 1150. The van der Waals surface area contributed by atoms with Crippen molar-refractivity contribution in [2.24, 2.45) is 0 Å². The van der Waals surface area contributed by atoms with Gasteiger partial charge >= 0.3 is 5.69 Å². The molecule has 1 aliphatic heterocycles. The summed E-state index contributed by atoms with van der Waals surface area (Å²) in [6.45, 7) is 0.418. The Hall–Kier alpha value is -3.13. The van der Waals surface area contributed by atoms with Gasteiger partial charge in [-0.3, -0.25) is 19.1 Å². The summed E-state index contributed by atoms with van der Waals surface area (Å²) in [7, 11) is 0. The minimum absolute atomic E-state index is 0.148. The van der Waals surface area contributed by atoms with Crippen LogP contribution in [0.5, 0.6) is 0 Å². The second-order valence-corrected chi connectivity index (χ2v) is 7.74. The number of nitrogens with zero attached hydrogens (tertiary/aromatic N) is 3. The average Bonchev–Trinajstić information content (AvgIpc) is 3.20. The van der Waals surface area contributed by atoms with Gasteiger partial charge in [-0.15, -0.1) is 0 Å². The SMILES string of the molecule is O=C(Cn1ccc(=O)[nH]c1=O)N1CCCC[C@H]1c1ncc(Cc2ccc(Cl)cc2)o1. The molecule has 0 unspecified atom stereocenters. The van der Waals surface area contributed by atoms with Crippen LogP contribution in [-0.2, 0) is 17.8 Å². The second-order valence-electron chi connectivity index (χ2n) is 7.30. The molecule has 30 heavy (non-hydrogen) atoms. The Morgan fingerprint density at radius 2 is 2.00 bits per heavy atom. The van der Waals surface area contributed by atoms with Crippen LogP contribution in [0.2, 0.25) is 5.02 Å². The Kier molecular flexibility index (Phi) is 5.85. The Labute approximate surface area is 177 Å². The Morgan fingerprint density at radius 3 is 2.77 bits per heavy atom. The lowest BCUT2D eigenvalue weighted by molar-refractivity contribution is -0.136. The van der Waals surface area contributed by atoms with E-state index in [2.05, 4.69) is 9.97 Å². The van der Waals surface area contributed by atoms with E-state index in [1.54, 1.807) is 11.1 Å². The van der Waals surface area contributed by atoms with Crippen LogP contribution in [0.3, 0.4) is 0 Å². The fraction of sp³-hybridized carbons (Fsp3) is 0.333. The van der Waals surface area contributed by atoms with Gasteiger partial charge in [0.2, 0.25) is 11.8 Å². The summed E-state index contributed by atoms with van der Waals surface area (Å²) < 4.78 is 7.16. The molecule has 1 aromatic carbocycles. The standard InChI is InChI=1S/C21H21ClN4O4/c22-15-6-4-14(5-7-15)11-16-12-23-20(30-16)17-3-1-2-9-26(17)19(28)13-25-10-8-18(27)24-21(25)29/h4-8,10,12,17H,1-3,9,11,13H2,(H,24,27,29)/t17-/m0/s1. The molecule has 9 heteroatoms. The van der Waals surface area contributed by atoms with E-state index in [1.165, 1.54) is 16.8 Å². The van der Waals surface area contributed by atoms with Crippen molar-refractivity contribution >= 4 is 17.5 Å². The summed E-state index contributed by atoms with van der Waals surface area (Å²) in [6.07, 6.45) is 6.18. The van der Waals surface area contributed by atoms with E-state index in [0.29, 0.717) is 29.6 Å². The molecule has 2 aromatic heterocycles. The third-order valence-corrected chi connectivity index (χ3v) is 5.43. The molecule has 1 fully saturated rings. The van der Waals surface area contributed by atoms with Gasteiger partial charge in [-0.2, -0.15) is 0 Å². The molecule has 1 saturated heterocycles. The van der Waals surface area contributed by atoms with Gasteiger partial charge in [-0.25, -0.2) is 9.78 Å². The lowest BCUT2D eigenvalue weighted by Gasteiger charge is -2.33. The van der Waals surface area contributed by atoms with Crippen molar-refractivity contribution in [3.63, 3.8) is 0 Å². The summed E-state index contributed by atoms with van der Waals surface area (Å²) in [4.78, 5) is 44.3. The maximum Gasteiger partial charge on any atom is 0.328 e. The van der Waals surface area contributed by atoms with E-state index in [9.17, 15) is 14.4 Å². The van der Waals surface area contributed by atoms with Crippen LogP contribution in [0.25, 0.3) is 0 Å². The first-order chi connectivity index (χ1) is 14.5. The zero-order valence-corrected chi connectivity index (χ0v) is 17.0. The number of carbonyl (C=O) groups excluding carboxylic acids is 1. The molecular weight excluding hydrogens is 408 g/mol. The second kappa shape index (κ2) is 8.71. The molecule has 8 nitrogen and oxygen atoms in total. The average molecular weight is 429 g/mol. The van der Waals surface area contributed by atoms with Gasteiger partial charge in [-0.1, -0.05) is 23.7 Å². The molecule has 0 saturated carbocycles. The van der Waals surface area contributed by atoms with Gasteiger partial charge in [0, 0.05) is 30.3 Å². The minimum Gasteiger partial charge on any atom is -0.443 e. The normalized spacial score (nSPS) is 16.6. The zero-order valence-electron chi connectivity index (χ0n) is 16.2. The van der Waals surface area contributed by atoms with E-state index in [-0.39, 0.29) is 18.5 Å². The van der Waals surface area contributed by atoms with Crippen LogP contribution in [0, 0.1) is 0 Å². The van der Waals surface area contributed by atoms with Gasteiger partial charge < -0.3 is 9.32 Å². The zero-order chi connectivity index (χ0) is 21.1. The van der Waals surface area contributed by atoms with Crippen LogP contribution < -0.4 is 11.2 Å². The van der Waals surface area contributed by atoms with E-state index < -0.39 is 11.2 Å². The number of hydrogen-bond donors (Lipinski definition) is 1. The molecule has 1 atom stereocenters. The predicted octanol–water partition coefficient (Wildman–Crippen LogP) is 2.52. The van der Waals surface area contributed by atoms with Gasteiger partial charge in [0.05, 0.1) is 6.20 Å². The molecule has 4 rings (SSSR count). The fourth-order valence-electron chi connectivity index (χ4n) is 3.65. The lowest BCUT2D eigenvalue weighted by atomic mass is 10.0. The number of oxazole rings is 1. The highest BCUT2D eigenvalue weighted by atomic mass is 35.5. The molecule has 156 valence electrons. The summed E-state index contributed by atoms with van der Waals surface area (Å²) in [5.74, 6) is 0.995. The number of H-pyrrole nitrogens is 1. The Balaban J connectivity index is 1.50. The van der Waals surface area contributed by atoms with Crippen molar-refractivity contribution in [2.45, 2.75) is 38.3 Å². The first-order valence-corrected chi connectivity index (χ1v) is 10.2. The molecule has 3 heterocycles. The molecule has 0 spiro atoms. The predicted molar refractivity (Wildman–Crippen MR) is 110 cm³/mol. The Morgan fingerprint density at radius 1 is 1.20 bits per heavy atom. The van der Waals surface area contributed by atoms with Crippen LogP contribution in [0.15, 0.2) is 56.7 Å². The highest BCUT2D eigenvalue weighted by Gasteiger charge is 2.31. The molecule has 0 radical (unpaired) electrons. The number of halogens is 1. The third-order valence-electron chi connectivity index (χ3n) is 5.17. The van der Waals surface area contributed by atoms with Crippen molar-refractivity contribution in [2.75, 3.05) is 6.54 Å². The number of aromatic amines is 1. The first-order valence-electron chi connectivity index (χ1n) is 9.78. The van der Waals surface area contributed by atoms with E-state index in [0.717, 1.165) is 24.8 Å². The summed E-state index contributed by atoms with van der Waals surface area (Å²) >= 11 is 5.93. The molecule has 1 amide bonds. The van der Waals surface area contributed by atoms with Gasteiger partial charge in [-0.05, 0) is 37.0 Å². The lowest BCUT2D eigenvalue weighted by Crippen LogP contribution is -2.42. The number of rotatable bonds is 5. The summed E-state index contributed by atoms with van der Waals surface area (Å²) in [6, 6.07) is 8.47. The van der Waals surface area contributed by atoms with E-state index in [1.807, 2.05) is 24.3 Å². The number of nitrogens with one attached hydrogen (secondary N) is 1. The molecule has 0 aliphatic carbocycles. The third kappa shape index (κ3) is 4.54. The van der Waals surface area contributed by atoms with Gasteiger partial charge in [0.15, 0.2) is 0 Å². The molecule has 1 aliphatic rings. The number of aromatic nitrogens is 3. The topological polar surface area (TPSA) is 101 Å². The van der Waals surface area contributed by atoms with Crippen LogP contribution in [-0.4, -0.2) is 31.9 Å². The summed E-state index contributed by atoms with van der Waals surface area (Å²) in [5, 5.41) is 0.676. The molecule has 1 N–H and O–H groups in total. The van der Waals surface area contributed by atoms with Crippen molar-refractivity contribution in [3.05, 3.63) is 85.8 Å². The quantitative estimate of drug-likeness (QED) is 0.672. The minimum atomic E-state index is -0.606. The molecular formula is C21H21ClN4O4.